The van der Waals surface area contributed by atoms with Gasteiger partial charge in [-0.1, -0.05) is 90.9 Å². The Balaban J connectivity index is 3.12. The smallest absolute Gasteiger partial charge is 0.308 e. The second-order valence-corrected chi connectivity index (χ2v) is 6.35. The first kappa shape index (κ1) is 21.4. The summed E-state index contributed by atoms with van der Waals surface area (Å²) in [7, 11) is 0. The van der Waals surface area contributed by atoms with Gasteiger partial charge in [-0.15, -0.1) is 0 Å². The van der Waals surface area contributed by atoms with Crippen molar-refractivity contribution < 1.29 is 14.6 Å². The van der Waals surface area contributed by atoms with Gasteiger partial charge in [-0.25, -0.2) is 0 Å². The van der Waals surface area contributed by atoms with E-state index in [0.29, 0.717) is 12.8 Å². The van der Waals surface area contributed by atoms with Crippen molar-refractivity contribution in [3.05, 3.63) is 0 Å². The molecular weight excluding hydrogens is 276 g/mol. The Labute approximate surface area is 137 Å². The lowest BCUT2D eigenvalue weighted by molar-refractivity contribution is -0.168. The second-order valence-electron chi connectivity index (χ2n) is 6.35. The Morgan fingerprint density at radius 2 is 1.18 bits per heavy atom. The van der Waals surface area contributed by atoms with Gasteiger partial charge in [0.25, 0.3) is 0 Å². The van der Waals surface area contributed by atoms with E-state index >= 15 is 0 Å². The molecule has 3 nitrogen and oxygen atoms in total. The SMILES string of the molecule is CCCCCCCCCCCCCCCC(=O)OC(O)CC. The summed E-state index contributed by atoms with van der Waals surface area (Å²) in [6.07, 6.45) is 16.9. The zero-order valence-electron chi connectivity index (χ0n) is 14.9. The predicted molar refractivity (Wildman–Crippen MR) is 92.7 cm³/mol. The zero-order chi connectivity index (χ0) is 16.5. The number of unbranched alkanes of at least 4 members (excludes halogenated alkanes) is 12. The Bertz CT molecular complexity index is 241. The van der Waals surface area contributed by atoms with Crippen LogP contribution in [0.2, 0.25) is 0 Å². The molecule has 0 bridgehead atoms. The molecule has 0 amide bonds. The van der Waals surface area contributed by atoms with Crippen molar-refractivity contribution in [1.82, 2.24) is 0 Å². The third kappa shape index (κ3) is 15.8. The summed E-state index contributed by atoms with van der Waals surface area (Å²) in [6.45, 7) is 4.06. The first-order valence-corrected chi connectivity index (χ1v) is 9.58. The van der Waals surface area contributed by atoms with Gasteiger partial charge >= 0.3 is 5.97 Å². The molecule has 0 saturated carbocycles. The predicted octanol–water partition coefficient (Wildman–Crippen LogP) is 5.74. The monoisotopic (exact) mass is 314 g/mol. The Morgan fingerprint density at radius 1 is 0.773 bits per heavy atom. The number of hydrogen-bond acceptors (Lipinski definition) is 3. The molecule has 0 aliphatic carbocycles. The van der Waals surface area contributed by atoms with E-state index in [2.05, 4.69) is 6.92 Å². The molecule has 0 radical (unpaired) electrons. The second kappa shape index (κ2) is 16.8. The van der Waals surface area contributed by atoms with E-state index in [1.165, 1.54) is 70.6 Å². The molecule has 22 heavy (non-hydrogen) atoms. The van der Waals surface area contributed by atoms with Crippen molar-refractivity contribution in [2.45, 2.75) is 116 Å². The van der Waals surface area contributed by atoms with E-state index in [1.807, 2.05) is 0 Å². The van der Waals surface area contributed by atoms with Gasteiger partial charge in [-0.2, -0.15) is 0 Å². The summed E-state index contributed by atoms with van der Waals surface area (Å²) in [5.41, 5.74) is 0. The standard InChI is InChI=1S/C19H38O3/c1-3-5-6-7-8-9-10-11-12-13-14-15-16-17-19(21)22-18(20)4-2/h18,20H,3-17H2,1-2H3. The van der Waals surface area contributed by atoms with E-state index in [4.69, 9.17) is 4.74 Å². The van der Waals surface area contributed by atoms with Gasteiger partial charge in [-0.3, -0.25) is 4.79 Å². The quantitative estimate of drug-likeness (QED) is 0.224. The highest BCUT2D eigenvalue weighted by Crippen LogP contribution is 2.13. The fraction of sp³-hybridized carbons (Fsp3) is 0.947. The van der Waals surface area contributed by atoms with Crippen LogP contribution in [-0.4, -0.2) is 17.4 Å². The average molecular weight is 315 g/mol. The van der Waals surface area contributed by atoms with Crippen LogP contribution in [0, 0.1) is 0 Å². The van der Waals surface area contributed by atoms with Gasteiger partial charge < -0.3 is 9.84 Å². The third-order valence-electron chi connectivity index (χ3n) is 4.10. The van der Waals surface area contributed by atoms with Crippen molar-refractivity contribution in [3.8, 4) is 0 Å². The molecule has 0 spiro atoms. The lowest BCUT2D eigenvalue weighted by Crippen LogP contribution is -2.16. The molecule has 0 aliphatic heterocycles. The van der Waals surface area contributed by atoms with Crippen LogP contribution in [0.25, 0.3) is 0 Å². The molecule has 1 unspecified atom stereocenters. The van der Waals surface area contributed by atoms with E-state index in [9.17, 15) is 9.90 Å². The summed E-state index contributed by atoms with van der Waals surface area (Å²) in [4.78, 5) is 11.3. The minimum absolute atomic E-state index is 0.266. The molecule has 1 N–H and O–H groups in total. The molecule has 0 aromatic heterocycles. The molecule has 0 aromatic carbocycles. The van der Waals surface area contributed by atoms with E-state index < -0.39 is 6.29 Å². The largest absolute Gasteiger partial charge is 0.436 e. The van der Waals surface area contributed by atoms with Crippen LogP contribution in [0.3, 0.4) is 0 Å². The molecular formula is C19H38O3. The molecule has 0 aliphatic rings. The molecule has 0 saturated heterocycles. The van der Waals surface area contributed by atoms with E-state index in [-0.39, 0.29) is 5.97 Å². The van der Waals surface area contributed by atoms with Crippen LogP contribution in [0.1, 0.15) is 110 Å². The number of carbonyl (C=O) groups excluding carboxylic acids is 1. The normalized spacial score (nSPS) is 12.3. The summed E-state index contributed by atoms with van der Waals surface area (Å²) in [5, 5.41) is 9.19. The Hall–Kier alpha value is -0.570. The van der Waals surface area contributed by atoms with Crippen molar-refractivity contribution in [3.63, 3.8) is 0 Å². The number of aliphatic hydroxyl groups is 1. The average Bonchev–Trinajstić information content (AvgIpc) is 2.51. The molecule has 3 heteroatoms. The number of hydrogen-bond donors (Lipinski definition) is 1. The fourth-order valence-corrected chi connectivity index (χ4v) is 2.58. The number of aliphatic hydroxyl groups excluding tert-OH is 1. The summed E-state index contributed by atoms with van der Waals surface area (Å²) < 4.78 is 4.82. The lowest BCUT2D eigenvalue weighted by Gasteiger charge is -2.09. The van der Waals surface area contributed by atoms with Crippen LogP contribution >= 0.6 is 0 Å². The highest BCUT2D eigenvalue weighted by atomic mass is 16.6. The van der Waals surface area contributed by atoms with Crippen LogP contribution in [0.4, 0.5) is 0 Å². The van der Waals surface area contributed by atoms with Crippen molar-refractivity contribution in [1.29, 1.82) is 0 Å². The third-order valence-corrected chi connectivity index (χ3v) is 4.10. The van der Waals surface area contributed by atoms with Crippen LogP contribution in [0.15, 0.2) is 0 Å². The number of esters is 1. The maximum atomic E-state index is 11.3. The van der Waals surface area contributed by atoms with Gasteiger partial charge in [0.15, 0.2) is 6.29 Å². The summed E-state index contributed by atoms with van der Waals surface area (Å²) >= 11 is 0. The fourth-order valence-electron chi connectivity index (χ4n) is 2.58. The highest BCUT2D eigenvalue weighted by Gasteiger charge is 2.07. The van der Waals surface area contributed by atoms with Crippen molar-refractivity contribution >= 4 is 5.97 Å². The van der Waals surface area contributed by atoms with E-state index in [1.54, 1.807) is 6.92 Å². The molecule has 0 fully saturated rings. The maximum absolute atomic E-state index is 11.3. The maximum Gasteiger partial charge on any atom is 0.308 e. The van der Waals surface area contributed by atoms with Gasteiger partial charge in [0.05, 0.1) is 0 Å². The number of rotatable bonds is 16. The van der Waals surface area contributed by atoms with Crippen LogP contribution in [0.5, 0.6) is 0 Å². The first-order valence-electron chi connectivity index (χ1n) is 9.58. The van der Waals surface area contributed by atoms with Gasteiger partial charge in [0.2, 0.25) is 0 Å². The number of carbonyl (C=O) groups is 1. The summed E-state index contributed by atoms with van der Waals surface area (Å²) in [5.74, 6) is -0.266. The lowest BCUT2D eigenvalue weighted by atomic mass is 10.0. The van der Waals surface area contributed by atoms with E-state index in [0.717, 1.165) is 12.8 Å². The van der Waals surface area contributed by atoms with Crippen molar-refractivity contribution in [2.24, 2.45) is 0 Å². The van der Waals surface area contributed by atoms with Gasteiger partial charge in [-0.05, 0) is 6.42 Å². The van der Waals surface area contributed by atoms with Crippen LogP contribution in [-0.2, 0) is 9.53 Å². The topological polar surface area (TPSA) is 46.5 Å². The van der Waals surface area contributed by atoms with Gasteiger partial charge in [0, 0.05) is 12.8 Å². The molecule has 1 atom stereocenters. The Morgan fingerprint density at radius 3 is 1.59 bits per heavy atom. The van der Waals surface area contributed by atoms with Gasteiger partial charge in [0.1, 0.15) is 0 Å². The summed E-state index contributed by atoms with van der Waals surface area (Å²) in [6, 6.07) is 0. The number of ether oxygens (including phenoxy) is 1. The zero-order valence-corrected chi connectivity index (χ0v) is 14.9. The van der Waals surface area contributed by atoms with Crippen molar-refractivity contribution in [2.75, 3.05) is 0 Å². The van der Waals surface area contributed by atoms with Crippen LogP contribution < -0.4 is 0 Å². The molecule has 0 heterocycles. The molecule has 0 rings (SSSR count). The highest BCUT2D eigenvalue weighted by molar-refractivity contribution is 5.69. The minimum Gasteiger partial charge on any atom is -0.436 e. The molecule has 132 valence electrons. The minimum atomic E-state index is -0.922. The first-order chi connectivity index (χ1) is 10.7. The Kier molecular flexibility index (Phi) is 16.4. The molecule has 0 aromatic rings.